The van der Waals surface area contributed by atoms with E-state index in [1.165, 1.54) is 5.56 Å². The number of methoxy groups -OCH3 is 1. The molecule has 28 heavy (non-hydrogen) atoms. The van der Waals surface area contributed by atoms with E-state index in [0.717, 1.165) is 56.2 Å². The smallest absolute Gasteiger partial charge is 0.410 e. The van der Waals surface area contributed by atoms with E-state index in [0.29, 0.717) is 0 Å². The van der Waals surface area contributed by atoms with Crippen molar-refractivity contribution in [1.29, 1.82) is 0 Å². The van der Waals surface area contributed by atoms with Gasteiger partial charge in [-0.05, 0) is 49.6 Å². The Balaban J connectivity index is 1.30. The number of aromatic nitrogens is 1. The van der Waals surface area contributed by atoms with Gasteiger partial charge in [-0.25, -0.2) is 4.79 Å². The van der Waals surface area contributed by atoms with Gasteiger partial charge in [-0.1, -0.05) is 18.2 Å². The third-order valence-electron chi connectivity index (χ3n) is 5.55. The number of benzene rings is 1. The van der Waals surface area contributed by atoms with Gasteiger partial charge in [-0.2, -0.15) is 0 Å². The largest absolute Gasteiger partial charge is 0.497 e. The Morgan fingerprint density at radius 1 is 1.18 bits per heavy atom. The second-order valence-electron chi connectivity index (χ2n) is 7.60. The molecule has 2 atom stereocenters. The summed E-state index contributed by atoms with van der Waals surface area (Å²) in [6.07, 6.45) is 1.66. The first-order valence-corrected chi connectivity index (χ1v) is 9.87. The maximum Gasteiger partial charge on any atom is 0.410 e. The van der Waals surface area contributed by atoms with E-state index in [4.69, 9.17) is 9.47 Å². The molecule has 1 amide bonds. The Hall–Kier alpha value is -2.60. The maximum atomic E-state index is 12.3. The summed E-state index contributed by atoms with van der Waals surface area (Å²) in [6.45, 7) is 5.15. The standard InChI is InChI=1S/C22H27N3O3/c1-16-5-3-7-18(23-16)13-24-14-20-21(15-24)28-22(26)25(20)12-4-6-17-8-10-19(27-2)11-9-17/h3,5,7-11,20-21H,4,6,12-15H2,1-2H3/t20-,21+/m0/s1. The number of ether oxygens (including phenoxy) is 2. The van der Waals surface area contributed by atoms with Crippen molar-refractivity contribution < 1.29 is 14.3 Å². The molecule has 2 saturated heterocycles. The molecule has 1 aromatic carbocycles. The number of fused-ring (bicyclic) bond motifs is 1. The van der Waals surface area contributed by atoms with Crippen LogP contribution in [0.15, 0.2) is 42.5 Å². The lowest BCUT2D eigenvalue weighted by atomic mass is 10.1. The van der Waals surface area contributed by atoms with Crippen LogP contribution in [-0.2, 0) is 17.7 Å². The van der Waals surface area contributed by atoms with E-state index in [1.807, 2.05) is 36.1 Å². The van der Waals surface area contributed by atoms with Crippen LogP contribution in [0.1, 0.15) is 23.4 Å². The number of hydrogen-bond donors (Lipinski definition) is 0. The van der Waals surface area contributed by atoms with Gasteiger partial charge in [0.15, 0.2) is 0 Å². The third-order valence-corrected chi connectivity index (χ3v) is 5.55. The molecule has 2 aliphatic rings. The van der Waals surface area contributed by atoms with Gasteiger partial charge < -0.3 is 14.4 Å². The van der Waals surface area contributed by atoms with Gasteiger partial charge in [0.1, 0.15) is 11.9 Å². The molecule has 3 heterocycles. The molecule has 0 bridgehead atoms. The van der Waals surface area contributed by atoms with Crippen molar-refractivity contribution in [3.8, 4) is 5.75 Å². The van der Waals surface area contributed by atoms with E-state index >= 15 is 0 Å². The van der Waals surface area contributed by atoms with Crippen LogP contribution >= 0.6 is 0 Å². The van der Waals surface area contributed by atoms with Crippen LogP contribution in [0.25, 0.3) is 0 Å². The minimum Gasteiger partial charge on any atom is -0.497 e. The molecule has 0 saturated carbocycles. The van der Waals surface area contributed by atoms with Crippen molar-refractivity contribution in [3.05, 3.63) is 59.4 Å². The van der Waals surface area contributed by atoms with Gasteiger partial charge in [-0.15, -0.1) is 0 Å². The number of hydrogen-bond acceptors (Lipinski definition) is 5. The summed E-state index contributed by atoms with van der Waals surface area (Å²) in [7, 11) is 1.67. The SMILES string of the molecule is COc1ccc(CCCN2C(=O)O[C@@H]3CN(Cc4cccc(C)n4)C[C@@H]32)cc1. The number of nitrogens with zero attached hydrogens (tertiary/aromatic N) is 3. The molecular weight excluding hydrogens is 354 g/mol. The number of rotatable bonds is 7. The Morgan fingerprint density at radius 3 is 2.75 bits per heavy atom. The molecule has 1 aromatic heterocycles. The normalized spacial score (nSPS) is 21.6. The molecule has 6 heteroatoms. The summed E-state index contributed by atoms with van der Waals surface area (Å²) in [4.78, 5) is 21.1. The molecule has 148 valence electrons. The van der Waals surface area contributed by atoms with Crippen LogP contribution in [0.5, 0.6) is 5.75 Å². The van der Waals surface area contributed by atoms with Crippen molar-refractivity contribution >= 4 is 6.09 Å². The Bertz CT molecular complexity index is 824. The van der Waals surface area contributed by atoms with E-state index in [-0.39, 0.29) is 18.2 Å². The first-order valence-electron chi connectivity index (χ1n) is 9.87. The van der Waals surface area contributed by atoms with Crippen molar-refractivity contribution in [2.45, 2.75) is 38.5 Å². The third kappa shape index (κ3) is 4.12. The summed E-state index contributed by atoms with van der Waals surface area (Å²) in [6, 6.07) is 14.4. The zero-order chi connectivity index (χ0) is 19.5. The molecule has 2 aromatic rings. The lowest BCUT2D eigenvalue weighted by Gasteiger charge is -2.22. The number of amides is 1. The van der Waals surface area contributed by atoms with Gasteiger partial charge in [0.2, 0.25) is 0 Å². The minimum absolute atomic E-state index is 0.0294. The lowest BCUT2D eigenvalue weighted by Crippen LogP contribution is -2.38. The first kappa shape index (κ1) is 18.7. The molecule has 0 aliphatic carbocycles. The Kier molecular flexibility index (Phi) is 5.48. The number of carbonyl (C=O) groups excluding carboxylic acids is 1. The fraction of sp³-hybridized carbons (Fsp3) is 0.455. The average Bonchev–Trinajstić information content (AvgIpc) is 3.19. The second kappa shape index (κ2) is 8.19. The summed E-state index contributed by atoms with van der Waals surface area (Å²) in [5.74, 6) is 0.865. The first-order chi connectivity index (χ1) is 13.6. The van der Waals surface area contributed by atoms with Gasteiger partial charge in [0.05, 0.1) is 18.8 Å². The predicted octanol–water partition coefficient (Wildman–Crippen LogP) is 3.04. The van der Waals surface area contributed by atoms with Crippen molar-refractivity contribution in [3.63, 3.8) is 0 Å². The van der Waals surface area contributed by atoms with Crippen molar-refractivity contribution in [1.82, 2.24) is 14.8 Å². The van der Waals surface area contributed by atoms with Crippen LogP contribution < -0.4 is 4.74 Å². The summed E-state index contributed by atoms with van der Waals surface area (Å²) < 4.78 is 10.8. The molecule has 0 radical (unpaired) electrons. The zero-order valence-corrected chi connectivity index (χ0v) is 16.5. The van der Waals surface area contributed by atoms with Gasteiger partial charge in [0, 0.05) is 31.9 Å². The van der Waals surface area contributed by atoms with Crippen LogP contribution in [0.4, 0.5) is 4.79 Å². The quantitative estimate of drug-likeness (QED) is 0.738. The Labute approximate surface area is 166 Å². The molecule has 4 rings (SSSR count). The number of aryl methyl sites for hydroxylation is 2. The van der Waals surface area contributed by atoms with Crippen LogP contribution in [0, 0.1) is 6.92 Å². The van der Waals surface area contributed by atoms with Crippen LogP contribution in [0.3, 0.4) is 0 Å². The maximum absolute atomic E-state index is 12.3. The minimum atomic E-state index is -0.168. The zero-order valence-electron chi connectivity index (χ0n) is 16.5. The topological polar surface area (TPSA) is 54.9 Å². The highest BCUT2D eigenvalue weighted by Gasteiger charge is 2.47. The average molecular weight is 381 g/mol. The fourth-order valence-electron chi connectivity index (χ4n) is 4.13. The van der Waals surface area contributed by atoms with Crippen molar-refractivity contribution in [2.75, 3.05) is 26.7 Å². The molecule has 2 fully saturated rings. The summed E-state index contributed by atoms with van der Waals surface area (Å²) in [5.41, 5.74) is 3.35. The monoisotopic (exact) mass is 381 g/mol. The lowest BCUT2D eigenvalue weighted by molar-refractivity contribution is 0.120. The van der Waals surface area contributed by atoms with Crippen LogP contribution in [0.2, 0.25) is 0 Å². The molecular formula is C22H27N3O3. The predicted molar refractivity (Wildman–Crippen MR) is 106 cm³/mol. The highest BCUT2D eigenvalue weighted by molar-refractivity contribution is 5.71. The number of likely N-dealkylation sites (tertiary alicyclic amines) is 1. The van der Waals surface area contributed by atoms with E-state index in [9.17, 15) is 4.79 Å². The number of pyridine rings is 1. The Morgan fingerprint density at radius 2 is 2.00 bits per heavy atom. The van der Waals surface area contributed by atoms with Gasteiger partial charge in [-0.3, -0.25) is 9.88 Å². The highest BCUT2D eigenvalue weighted by Crippen LogP contribution is 2.28. The molecule has 0 unspecified atom stereocenters. The highest BCUT2D eigenvalue weighted by atomic mass is 16.6. The van der Waals surface area contributed by atoms with E-state index < -0.39 is 0 Å². The fourth-order valence-corrected chi connectivity index (χ4v) is 4.13. The number of carbonyl (C=O) groups is 1. The summed E-state index contributed by atoms with van der Waals surface area (Å²) >= 11 is 0. The summed E-state index contributed by atoms with van der Waals surface area (Å²) in [5, 5.41) is 0. The molecule has 2 aliphatic heterocycles. The van der Waals surface area contributed by atoms with E-state index in [2.05, 4.69) is 28.1 Å². The second-order valence-corrected chi connectivity index (χ2v) is 7.60. The van der Waals surface area contributed by atoms with Crippen molar-refractivity contribution in [2.24, 2.45) is 0 Å². The molecule has 0 spiro atoms. The van der Waals surface area contributed by atoms with Gasteiger partial charge >= 0.3 is 6.09 Å². The molecule has 0 N–H and O–H groups in total. The van der Waals surface area contributed by atoms with E-state index in [1.54, 1.807) is 7.11 Å². The van der Waals surface area contributed by atoms with Crippen LogP contribution in [-0.4, -0.2) is 59.8 Å². The molecule has 6 nitrogen and oxygen atoms in total. The van der Waals surface area contributed by atoms with Gasteiger partial charge in [0.25, 0.3) is 0 Å².